The molecule has 18 heteroatoms. The van der Waals surface area contributed by atoms with Crippen molar-refractivity contribution in [1.29, 1.82) is 0 Å². The van der Waals surface area contributed by atoms with Crippen LogP contribution in [0.1, 0.15) is 113 Å². The van der Waals surface area contributed by atoms with E-state index in [0.717, 1.165) is 24.8 Å². The minimum Gasteiger partial charge on any atom is -0.726 e. The number of aliphatic hydroxyl groups excluding tert-OH is 5. The SMILES string of the molecule is CC(C)CCCC1(C)OC(=O)C23C(O)C=C4C(CCC5C4(C)CCC(OC4OCC(OS(=O)(=O)[O-])C(O)C4OC4OC(C)C(O)C(O)C4O)C5(C)C)C2(C)CCC13O.[Na+]. The third kappa shape index (κ3) is 7.28. The zero-order valence-corrected chi connectivity index (χ0v) is 38.7. The first-order chi connectivity index (χ1) is 26.8. The maximum Gasteiger partial charge on any atom is 1.00 e. The number of fused-ring (bicyclic) bond motifs is 4. The number of esters is 1. The Balaban J connectivity index is 0.00000585. The van der Waals surface area contributed by atoms with E-state index in [4.69, 9.17) is 23.7 Å². The molecule has 59 heavy (non-hydrogen) atoms. The van der Waals surface area contributed by atoms with Crippen LogP contribution in [0.2, 0.25) is 0 Å². The first-order valence-corrected chi connectivity index (χ1v) is 22.4. The van der Waals surface area contributed by atoms with Crippen LogP contribution in [-0.2, 0) is 43.1 Å². The van der Waals surface area contributed by atoms with Crippen molar-refractivity contribution in [2.24, 2.45) is 39.4 Å². The van der Waals surface area contributed by atoms with Crippen LogP contribution in [0.4, 0.5) is 0 Å². The Morgan fingerprint density at radius 1 is 0.915 bits per heavy atom. The monoisotopic (exact) mass is 868 g/mol. The van der Waals surface area contributed by atoms with Crippen molar-refractivity contribution in [3.63, 3.8) is 0 Å². The summed E-state index contributed by atoms with van der Waals surface area (Å²) in [6, 6.07) is 0. The number of rotatable bonds is 10. The number of aliphatic hydroxyl groups is 6. The van der Waals surface area contributed by atoms with Crippen molar-refractivity contribution < 1.29 is 106 Å². The van der Waals surface area contributed by atoms with Crippen molar-refractivity contribution in [2.75, 3.05) is 6.61 Å². The average molecular weight is 869 g/mol. The normalized spacial score (nSPS) is 50.5. The fourth-order valence-corrected chi connectivity index (χ4v) is 13.6. The second kappa shape index (κ2) is 16.3. The number of hydrogen-bond donors (Lipinski definition) is 6. The Labute approximate surface area is 369 Å². The second-order valence-electron chi connectivity index (χ2n) is 20.2. The predicted octanol–water partition coefficient (Wildman–Crippen LogP) is -1.04. The molecule has 0 bridgehead atoms. The van der Waals surface area contributed by atoms with Gasteiger partial charge in [0.1, 0.15) is 53.2 Å². The second-order valence-corrected chi connectivity index (χ2v) is 21.2. The van der Waals surface area contributed by atoms with Gasteiger partial charge in [0.15, 0.2) is 12.6 Å². The molecule has 4 aliphatic carbocycles. The van der Waals surface area contributed by atoms with Crippen LogP contribution in [0, 0.1) is 39.4 Å². The molecular formula is C41H65NaO16S. The van der Waals surface area contributed by atoms with Gasteiger partial charge in [0, 0.05) is 0 Å². The van der Waals surface area contributed by atoms with Gasteiger partial charge in [0.25, 0.3) is 0 Å². The van der Waals surface area contributed by atoms with Gasteiger partial charge in [-0.05, 0) is 99.2 Å². The largest absolute Gasteiger partial charge is 1.00 e. The van der Waals surface area contributed by atoms with Crippen LogP contribution in [0.15, 0.2) is 11.6 Å². The molecule has 0 aromatic heterocycles. The van der Waals surface area contributed by atoms with Crippen molar-refractivity contribution in [2.45, 2.75) is 192 Å². The van der Waals surface area contributed by atoms with E-state index in [1.165, 1.54) is 6.92 Å². The predicted molar refractivity (Wildman–Crippen MR) is 202 cm³/mol. The molecular weight excluding hydrogens is 803 g/mol. The number of ether oxygens (including phenoxy) is 5. The fraction of sp³-hybridized carbons (Fsp3) is 0.927. The first-order valence-electron chi connectivity index (χ1n) is 21.1. The Morgan fingerprint density at radius 2 is 1.59 bits per heavy atom. The molecule has 6 fully saturated rings. The van der Waals surface area contributed by atoms with Gasteiger partial charge in [0.05, 0.1) is 24.9 Å². The molecule has 0 aromatic rings. The molecule has 3 saturated heterocycles. The standard InChI is InChI=1S/C41H66O16S.Na/c1-20(2)10-9-14-39(8)40(48)17-16-38(7)22-11-12-25-36(4,5)27(13-15-37(25,6)23(22)18-26(42)41(38,40)35(47)56-39)54-34-32(29(44)24(19-52-34)57-58(49,50)51)55-33-31(46)30(45)28(43)21(3)53-33;/h18,20-22,24-34,42-46,48H,9-17,19H2,1-8H3,(H,49,50,51);/q;+1/p-1. The minimum absolute atomic E-state index is 0. The molecule has 3 saturated carbocycles. The molecule has 0 amide bonds. The molecule has 332 valence electrons. The molecule has 3 aliphatic heterocycles. The van der Waals surface area contributed by atoms with Gasteiger partial charge in [-0.25, -0.2) is 8.42 Å². The number of hydrogen-bond acceptors (Lipinski definition) is 16. The van der Waals surface area contributed by atoms with Crippen LogP contribution in [0.3, 0.4) is 0 Å². The summed E-state index contributed by atoms with van der Waals surface area (Å²) in [7, 11) is -5.28. The molecule has 1 spiro atoms. The number of carbonyl (C=O) groups excluding carboxylic acids is 1. The minimum atomic E-state index is -5.28. The Bertz CT molecular complexity index is 1730. The average Bonchev–Trinajstić information content (AvgIpc) is 3.48. The number of cyclic esters (lactones) is 1. The van der Waals surface area contributed by atoms with Crippen LogP contribution in [0.5, 0.6) is 0 Å². The summed E-state index contributed by atoms with van der Waals surface area (Å²) in [6.45, 7) is 15.4. The van der Waals surface area contributed by atoms with Crippen LogP contribution >= 0.6 is 0 Å². The zero-order valence-electron chi connectivity index (χ0n) is 35.9. The molecule has 7 aliphatic rings. The van der Waals surface area contributed by atoms with E-state index in [0.29, 0.717) is 44.4 Å². The third-order valence-corrected chi connectivity index (χ3v) is 16.8. The van der Waals surface area contributed by atoms with Crippen LogP contribution in [-0.4, -0.2) is 135 Å². The summed E-state index contributed by atoms with van der Waals surface area (Å²) in [5.41, 5.74) is -4.92. The summed E-state index contributed by atoms with van der Waals surface area (Å²) in [6.07, 6.45) is -8.27. The first kappa shape index (κ1) is 48.1. The molecule has 3 heterocycles. The molecule has 0 aromatic carbocycles. The van der Waals surface area contributed by atoms with E-state index >= 15 is 0 Å². The van der Waals surface area contributed by atoms with Gasteiger partial charge in [-0.2, -0.15) is 0 Å². The molecule has 16 nitrogen and oxygen atoms in total. The van der Waals surface area contributed by atoms with Crippen LogP contribution < -0.4 is 29.6 Å². The van der Waals surface area contributed by atoms with Gasteiger partial charge < -0.3 is 58.9 Å². The Hall–Kier alpha value is -0.320. The summed E-state index contributed by atoms with van der Waals surface area (Å²) in [4.78, 5) is 14.3. The Kier molecular flexibility index (Phi) is 13.3. The van der Waals surface area contributed by atoms with E-state index in [9.17, 15) is 48.4 Å². The molecule has 18 unspecified atom stereocenters. The topological polar surface area (TPSA) is 251 Å². The van der Waals surface area contributed by atoms with E-state index in [-0.39, 0.29) is 41.4 Å². The third-order valence-electron chi connectivity index (χ3n) is 16.3. The van der Waals surface area contributed by atoms with E-state index in [1.807, 2.05) is 13.0 Å². The van der Waals surface area contributed by atoms with Gasteiger partial charge in [0.2, 0.25) is 10.4 Å². The summed E-state index contributed by atoms with van der Waals surface area (Å²) < 4.78 is 69.5. The van der Waals surface area contributed by atoms with Gasteiger partial charge in [-0.1, -0.05) is 59.6 Å². The molecule has 7 rings (SSSR count). The number of carbonyl (C=O) groups is 1. The van der Waals surface area contributed by atoms with Crippen molar-refractivity contribution in [3.8, 4) is 0 Å². The quantitative estimate of drug-likeness (QED) is 0.0383. The summed E-state index contributed by atoms with van der Waals surface area (Å²) in [5, 5.41) is 67.8. The number of allylic oxidation sites excluding steroid dienone is 1. The van der Waals surface area contributed by atoms with Gasteiger partial charge >= 0.3 is 35.5 Å². The maximum atomic E-state index is 14.3. The smallest absolute Gasteiger partial charge is 0.726 e. The fourth-order valence-electron chi connectivity index (χ4n) is 13.2. The van der Waals surface area contributed by atoms with Crippen molar-refractivity contribution in [1.82, 2.24) is 0 Å². The summed E-state index contributed by atoms with van der Waals surface area (Å²) >= 11 is 0. The van der Waals surface area contributed by atoms with Gasteiger partial charge in [-0.3, -0.25) is 8.98 Å². The van der Waals surface area contributed by atoms with E-state index in [2.05, 4.69) is 45.7 Å². The zero-order chi connectivity index (χ0) is 42.8. The molecule has 0 radical (unpaired) electrons. The van der Waals surface area contributed by atoms with E-state index < -0.39 is 123 Å². The van der Waals surface area contributed by atoms with Crippen molar-refractivity contribution in [3.05, 3.63) is 11.6 Å². The maximum absolute atomic E-state index is 14.3. The van der Waals surface area contributed by atoms with E-state index in [1.54, 1.807) is 0 Å². The Morgan fingerprint density at radius 3 is 2.24 bits per heavy atom. The molecule has 18 atom stereocenters. The summed E-state index contributed by atoms with van der Waals surface area (Å²) in [5.74, 6) is -0.183. The molecule has 6 N–H and O–H groups in total. The van der Waals surface area contributed by atoms with Crippen LogP contribution in [0.25, 0.3) is 0 Å². The van der Waals surface area contributed by atoms with Crippen molar-refractivity contribution >= 4 is 16.4 Å². The van der Waals surface area contributed by atoms with Gasteiger partial charge in [-0.15, -0.1) is 0 Å².